The molecule has 0 radical (unpaired) electrons. The fourth-order valence-electron chi connectivity index (χ4n) is 4.18. The first-order chi connectivity index (χ1) is 19.0. The predicted octanol–water partition coefficient (Wildman–Crippen LogP) is 1.93. The van der Waals surface area contributed by atoms with Crippen LogP contribution in [0, 0.1) is 5.41 Å². The van der Waals surface area contributed by atoms with Gasteiger partial charge in [-0.15, -0.1) is 0 Å². The molecule has 0 saturated carbocycles. The molecule has 0 aromatic carbocycles. The van der Waals surface area contributed by atoms with Crippen LogP contribution in [0.15, 0.2) is 24.4 Å². The van der Waals surface area contributed by atoms with E-state index >= 15 is 0 Å². The molecular weight excluding hydrogens is 534 g/mol. The third-order valence-corrected chi connectivity index (χ3v) is 7.15. The summed E-state index contributed by atoms with van der Waals surface area (Å²) in [6.07, 6.45) is 2.23. The van der Waals surface area contributed by atoms with Crippen molar-refractivity contribution in [2.45, 2.75) is 32.9 Å². The second-order valence-corrected chi connectivity index (χ2v) is 10.6. The molecule has 13 nitrogen and oxygen atoms in total. The van der Waals surface area contributed by atoms with Gasteiger partial charge in [-0.05, 0) is 50.8 Å². The monoisotopic (exact) mass is 567 g/mol. The van der Waals surface area contributed by atoms with Gasteiger partial charge in [0.15, 0.2) is 0 Å². The summed E-state index contributed by atoms with van der Waals surface area (Å²) in [7, 11) is 5.43. The molecule has 0 bridgehead atoms. The number of aromatic nitrogens is 3. The predicted molar refractivity (Wildman–Crippen MR) is 154 cm³/mol. The molecule has 3 aromatic heterocycles. The molecule has 4 rings (SSSR count). The smallest absolute Gasteiger partial charge is 0.276 e. The Morgan fingerprint density at radius 2 is 2.02 bits per heavy atom. The first-order valence-corrected chi connectivity index (χ1v) is 13.4. The highest BCUT2D eigenvalue weighted by Crippen LogP contribution is 2.34. The van der Waals surface area contributed by atoms with Gasteiger partial charge in [-0.25, -0.2) is 4.98 Å². The van der Waals surface area contributed by atoms with E-state index in [0.29, 0.717) is 47.3 Å². The highest BCUT2D eigenvalue weighted by atomic mass is 32.1. The van der Waals surface area contributed by atoms with Gasteiger partial charge in [-0.2, -0.15) is 4.37 Å². The van der Waals surface area contributed by atoms with Crippen molar-refractivity contribution in [2.75, 3.05) is 49.4 Å². The fourth-order valence-corrected chi connectivity index (χ4v) is 4.89. The van der Waals surface area contributed by atoms with Crippen molar-refractivity contribution in [3.63, 3.8) is 0 Å². The van der Waals surface area contributed by atoms with E-state index in [4.69, 9.17) is 10.4 Å². The minimum Gasteiger partial charge on any atom is -0.492 e. The maximum absolute atomic E-state index is 13.6. The van der Waals surface area contributed by atoms with Gasteiger partial charge in [0, 0.05) is 39.5 Å². The number of amides is 2. The van der Waals surface area contributed by atoms with Crippen molar-refractivity contribution in [3.8, 4) is 5.88 Å². The summed E-state index contributed by atoms with van der Waals surface area (Å²) < 4.78 is 3.98. The summed E-state index contributed by atoms with van der Waals surface area (Å²) in [5.74, 6) is -0.808. The summed E-state index contributed by atoms with van der Waals surface area (Å²) in [6.45, 7) is 3.86. The topological polar surface area (TPSA) is 171 Å². The lowest BCUT2D eigenvalue weighted by molar-refractivity contribution is -0.116. The molecule has 0 spiro atoms. The number of aromatic hydroxyl groups is 1. The average molecular weight is 568 g/mol. The summed E-state index contributed by atoms with van der Waals surface area (Å²) >= 11 is 0.984. The highest BCUT2D eigenvalue weighted by Gasteiger charge is 2.29. The van der Waals surface area contributed by atoms with Crippen molar-refractivity contribution in [2.24, 2.45) is 0 Å². The third kappa shape index (κ3) is 6.03. The van der Waals surface area contributed by atoms with Gasteiger partial charge in [0.25, 0.3) is 5.91 Å². The zero-order valence-corrected chi connectivity index (χ0v) is 23.8. The summed E-state index contributed by atoms with van der Waals surface area (Å²) in [5.41, 5.74) is 3.64. The number of carbonyl (C=O) groups excluding carboxylic acids is 2. The van der Waals surface area contributed by atoms with Crippen LogP contribution in [0.4, 0.5) is 22.1 Å². The van der Waals surface area contributed by atoms with Gasteiger partial charge in [-0.1, -0.05) is 0 Å². The summed E-state index contributed by atoms with van der Waals surface area (Å²) in [6, 6.07) is 4.77. The van der Waals surface area contributed by atoms with Gasteiger partial charge in [0.2, 0.25) is 11.8 Å². The number of nitrogens with zero attached hydrogens (tertiary/aromatic N) is 6. The minimum absolute atomic E-state index is 0.0830. The molecule has 0 fully saturated rings. The number of aliphatic hydroxyl groups excluding tert-OH is 1. The summed E-state index contributed by atoms with van der Waals surface area (Å²) in [4.78, 5) is 39.7. The van der Waals surface area contributed by atoms with Crippen LogP contribution in [0.1, 0.15) is 41.3 Å². The van der Waals surface area contributed by atoms with Crippen LogP contribution in [0.5, 0.6) is 5.88 Å². The van der Waals surface area contributed by atoms with E-state index in [1.165, 1.54) is 11.8 Å². The first-order valence-electron chi connectivity index (χ1n) is 12.6. The number of amidine groups is 1. The molecule has 40 heavy (non-hydrogen) atoms. The number of rotatable bonds is 9. The van der Waals surface area contributed by atoms with E-state index in [0.717, 1.165) is 17.2 Å². The van der Waals surface area contributed by atoms with Crippen LogP contribution in [0.25, 0.3) is 0 Å². The number of fused-ring (bicyclic) bond motifs is 1. The molecule has 0 aliphatic carbocycles. The first kappa shape index (κ1) is 28.9. The van der Waals surface area contributed by atoms with E-state index in [1.54, 1.807) is 43.3 Å². The standard InChI is InChI=1S/C26H33N9O4S/c1-14(13-36)29-23(27)22-24(38)32-40-25(22)31-17-6-7-19(30-20(17)12-33(3)4)26(39)35-9-8-18-21(35)10-16(11-28-18)34(5)15(2)37/h6-7,10-11,14,31,36H,8-9,12-13H2,1-5H3,(H2,27,29)(H,32,38). The number of aliphatic hydroxyl groups is 1. The van der Waals surface area contributed by atoms with Gasteiger partial charge < -0.3 is 35.5 Å². The van der Waals surface area contributed by atoms with Crippen LogP contribution in [0.2, 0.25) is 0 Å². The van der Waals surface area contributed by atoms with E-state index in [1.807, 2.05) is 19.0 Å². The SMILES string of the molecule is CC(=O)N(C)c1cnc2c(c1)N(C(=O)c1ccc(Nc3snc(O)c3C(=N)NC(C)CO)c(CN(C)C)n1)CC2. The zero-order chi connectivity index (χ0) is 29.1. The normalized spacial score (nSPS) is 13.2. The van der Waals surface area contributed by atoms with E-state index < -0.39 is 0 Å². The molecule has 0 saturated heterocycles. The van der Waals surface area contributed by atoms with Crippen LogP contribution in [0.3, 0.4) is 0 Å². The number of hydrogen-bond acceptors (Lipinski definition) is 11. The molecule has 212 valence electrons. The number of hydrogen-bond donors (Lipinski definition) is 5. The second kappa shape index (κ2) is 11.9. The van der Waals surface area contributed by atoms with Crippen molar-refractivity contribution in [1.29, 1.82) is 5.41 Å². The number of pyridine rings is 2. The highest BCUT2D eigenvalue weighted by molar-refractivity contribution is 7.11. The lowest BCUT2D eigenvalue weighted by Gasteiger charge is -2.21. The quantitative estimate of drug-likeness (QED) is 0.190. The Morgan fingerprint density at radius 1 is 1.27 bits per heavy atom. The van der Waals surface area contributed by atoms with E-state index in [2.05, 4.69) is 20.0 Å². The second-order valence-electron chi connectivity index (χ2n) is 9.81. The van der Waals surface area contributed by atoms with E-state index in [-0.39, 0.29) is 47.4 Å². The largest absolute Gasteiger partial charge is 0.492 e. The molecule has 14 heteroatoms. The van der Waals surface area contributed by atoms with Crippen molar-refractivity contribution >= 4 is 51.2 Å². The molecule has 1 unspecified atom stereocenters. The van der Waals surface area contributed by atoms with Crippen molar-refractivity contribution < 1.29 is 19.8 Å². The molecule has 2 amide bonds. The Balaban J connectivity index is 1.64. The van der Waals surface area contributed by atoms with Crippen LogP contribution < -0.4 is 20.4 Å². The minimum atomic E-state index is -0.388. The maximum atomic E-state index is 13.6. The fraction of sp³-hybridized carbons (Fsp3) is 0.385. The van der Waals surface area contributed by atoms with E-state index in [9.17, 15) is 19.8 Å². The molecule has 4 heterocycles. The maximum Gasteiger partial charge on any atom is 0.276 e. The Kier molecular flexibility index (Phi) is 8.61. The molecule has 1 aliphatic heterocycles. The van der Waals surface area contributed by atoms with Crippen molar-refractivity contribution in [3.05, 3.63) is 47.0 Å². The molecule has 5 N–H and O–H groups in total. The third-order valence-electron chi connectivity index (χ3n) is 6.40. The van der Waals surface area contributed by atoms with Crippen LogP contribution in [-0.2, 0) is 17.8 Å². The average Bonchev–Trinajstić information content (AvgIpc) is 3.50. The molecular formula is C26H33N9O4S. The van der Waals surface area contributed by atoms with Gasteiger partial charge in [-0.3, -0.25) is 20.0 Å². The summed E-state index contributed by atoms with van der Waals surface area (Å²) in [5, 5.41) is 34.4. The number of anilines is 4. The Bertz CT molecular complexity index is 1440. The van der Waals surface area contributed by atoms with Crippen molar-refractivity contribution in [1.82, 2.24) is 24.6 Å². The molecule has 1 atom stereocenters. The number of nitrogens with one attached hydrogen (secondary N) is 3. The van der Waals surface area contributed by atoms with Gasteiger partial charge in [0.1, 0.15) is 22.1 Å². The Labute approximate surface area is 236 Å². The van der Waals surface area contributed by atoms with Gasteiger partial charge >= 0.3 is 0 Å². The zero-order valence-electron chi connectivity index (χ0n) is 23.0. The Hall–Kier alpha value is -4.14. The lowest BCUT2D eigenvalue weighted by atomic mass is 10.2. The number of carbonyl (C=O) groups is 2. The lowest BCUT2D eigenvalue weighted by Crippen LogP contribution is -2.35. The molecule has 3 aromatic rings. The Morgan fingerprint density at radius 3 is 2.70 bits per heavy atom. The van der Waals surface area contributed by atoms with Crippen LogP contribution >= 0.6 is 11.5 Å². The van der Waals surface area contributed by atoms with Crippen LogP contribution in [-0.4, -0.2) is 87.4 Å². The van der Waals surface area contributed by atoms with Gasteiger partial charge in [0.05, 0.1) is 41.3 Å². The molecule has 1 aliphatic rings.